The molecular weight excluding hydrogens is 272 g/mol. The molecule has 0 aliphatic rings. The quantitative estimate of drug-likeness (QED) is 0.854. The molecule has 112 valence electrons. The third kappa shape index (κ3) is 3.05. The summed E-state index contributed by atoms with van der Waals surface area (Å²) in [7, 11) is 1.54. The highest BCUT2D eigenvalue weighted by Crippen LogP contribution is 2.30. The predicted octanol–water partition coefficient (Wildman–Crippen LogP) is 2.11. The number of methoxy groups -OCH3 is 1. The minimum Gasteiger partial charge on any atom is -0.496 e. The molecule has 0 spiro atoms. The Labute approximate surface area is 122 Å². The molecule has 1 atom stereocenters. The average Bonchev–Trinajstić information content (AvgIpc) is 2.96. The number of benzene rings is 1. The lowest BCUT2D eigenvalue weighted by Gasteiger charge is -2.15. The Morgan fingerprint density at radius 2 is 2.24 bits per heavy atom. The molecule has 0 aliphatic carbocycles. The van der Waals surface area contributed by atoms with Crippen LogP contribution in [0, 0.1) is 0 Å². The van der Waals surface area contributed by atoms with Gasteiger partial charge in [-0.1, -0.05) is 6.07 Å². The molecule has 0 saturated carbocycles. The van der Waals surface area contributed by atoms with Gasteiger partial charge in [0.25, 0.3) is 0 Å². The summed E-state index contributed by atoms with van der Waals surface area (Å²) in [6, 6.07) is 5.36. The number of hydrogen-bond acceptors (Lipinski definition) is 5. The van der Waals surface area contributed by atoms with Crippen LogP contribution in [0.15, 0.2) is 30.6 Å². The third-order valence-electron chi connectivity index (χ3n) is 3.02. The lowest BCUT2D eigenvalue weighted by atomic mass is 10.1. The topological polar surface area (TPSA) is 73.6 Å². The molecule has 0 bridgehead atoms. The van der Waals surface area contributed by atoms with Gasteiger partial charge in [0.2, 0.25) is 0 Å². The van der Waals surface area contributed by atoms with Crippen LogP contribution in [0.25, 0.3) is 5.69 Å². The zero-order valence-corrected chi connectivity index (χ0v) is 12.2. The summed E-state index contributed by atoms with van der Waals surface area (Å²) < 4.78 is 11.7. The number of hydrogen-bond donors (Lipinski definition) is 1. The molecule has 1 N–H and O–H groups in total. The fourth-order valence-electron chi connectivity index (χ4n) is 2.10. The Hall–Kier alpha value is -2.34. The van der Waals surface area contributed by atoms with Crippen LogP contribution < -0.4 is 4.74 Å². The zero-order valence-electron chi connectivity index (χ0n) is 12.2. The van der Waals surface area contributed by atoms with Crippen molar-refractivity contribution in [2.45, 2.75) is 20.0 Å². The van der Waals surface area contributed by atoms with Gasteiger partial charge in [-0.15, -0.1) is 0 Å². The number of aliphatic hydroxyl groups excluding tert-OH is 1. The monoisotopic (exact) mass is 290 g/mol. The summed E-state index contributed by atoms with van der Waals surface area (Å²) in [5, 5.41) is 14.1. The highest BCUT2D eigenvalue weighted by atomic mass is 16.5. The van der Waals surface area contributed by atoms with Gasteiger partial charge in [-0.05, 0) is 26.0 Å². The SMILES string of the molecule is CCOC(=O)c1cnn(-c2cccc(OC)c2[C@@H](C)O)c1. The minimum atomic E-state index is -0.730. The fourth-order valence-corrected chi connectivity index (χ4v) is 2.10. The van der Waals surface area contributed by atoms with Crippen LogP contribution in [0.5, 0.6) is 5.75 Å². The summed E-state index contributed by atoms with van der Waals surface area (Å²) in [5.41, 5.74) is 1.62. The van der Waals surface area contributed by atoms with Crippen molar-refractivity contribution < 1.29 is 19.4 Å². The Kier molecular flexibility index (Phi) is 4.59. The molecule has 0 saturated heterocycles. The number of aliphatic hydroxyl groups is 1. The second-order valence-electron chi connectivity index (χ2n) is 4.46. The lowest BCUT2D eigenvalue weighted by molar-refractivity contribution is 0.0526. The van der Waals surface area contributed by atoms with E-state index in [1.807, 2.05) is 0 Å². The Morgan fingerprint density at radius 1 is 1.48 bits per heavy atom. The average molecular weight is 290 g/mol. The lowest BCUT2D eigenvalue weighted by Crippen LogP contribution is -2.06. The largest absolute Gasteiger partial charge is 0.496 e. The van der Waals surface area contributed by atoms with Gasteiger partial charge in [0.05, 0.1) is 37.3 Å². The second-order valence-corrected chi connectivity index (χ2v) is 4.46. The summed E-state index contributed by atoms with van der Waals surface area (Å²) in [6.45, 7) is 3.70. The van der Waals surface area contributed by atoms with E-state index < -0.39 is 12.1 Å². The number of rotatable bonds is 5. The molecule has 0 radical (unpaired) electrons. The standard InChI is InChI=1S/C15H18N2O4/c1-4-21-15(19)11-8-16-17(9-11)12-6-5-7-13(20-3)14(12)10(2)18/h5-10,18H,4H2,1-3H3/t10-/m1/s1. The number of nitrogens with zero attached hydrogens (tertiary/aromatic N) is 2. The molecule has 2 rings (SSSR count). The Balaban J connectivity index is 2.45. The van der Waals surface area contributed by atoms with Gasteiger partial charge in [0.15, 0.2) is 0 Å². The van der Waals surface area contributed by atoms with E-state index in [2.05, 4.69) is 5.10 Å². The first-order valence-corrected chi connectivity index (χ1v) is 6.65. The van der Waals surface area contributed by atoms with Crippen LogP contribution in [0.1, 0.15) is 35.9 Å². The van der Waals surface area contributed by atoms with Gasteiger partial charge in [-0.2, -0.15) is 5.10 Å². The number of esters is 1. The summed E-state index contributed by atoms with van der Waals surface area (Å²) >= 11 is 0. The van der Waals surface area contributed by atoms with E-state index in [9.17, 15) is 9.90 Å². The molecule has 1 aromatic heterocycles. The molecule has 6 nitrogen and oxygen atoms in total. The number of ether oxygens (including phenoxy) is 2. The van der Waals surface area contributed by atoms with Crippen LogP contribution in [-0.4, -0.2) is 34.6 Å². The van der Waals surface area contributed by atoms with Gasteiger partial charge >= 0.3 is 5.97 Å². The molecule has 0 unspecified atom stereocenters. The van der Waals surface area contributed by atoms with Gasteiger partial charge in [0, 0.05) is 11.8 Å². The van der Waals surface area contributed by atoms with E-state index in [1.54, 1.807) is 38.2 Å². The van der Waals surface area contributed by atoms with Crippen molar-refractivity contribution in [3.05, 3.63) is 41.7 Å². The predicted molar refractivity (Wildman–Crippen MR) is 76.7 cm³/mol. The second kappa shape index (κ2) is 6.41. The van der Waals surface area contributed by atoms with Crippen molar-refractivity contribution in [2.75, 3.05) is 13.7 Å². The molecule has 0 aliphatic heterocycles. The van der Waals surface area contributed by atoms with Gasteiger partial charge in [-0.3, -0.25) is 0 Å². The Bertz CT molecular complexity index is 634. The van der Waals surface area contributed by atoms with Crippen molar-refractivity contribution in [1.82, 2.24) is 9.78 Å². The fraction of sp³-hybridized carbons (Fsp3) is 0.333. The smallest absolute Gasteiger partial charge is 0.341 e. The number of carbonyl (C=O) groups is 1. The molecule has 1 aromatic carbocycles. The Morgan fingerprint density at radius 3 is 2.86 bits per heavy atom. The molecule has 0 amide bonds. The van der Waals surface area contributed by atoms with Crippen LogP contribution in [0.3, 0.4) is 0 Å². The van der Waals surface area contributed by atoms with E-state index >= 15 is 0 Å². The highest BCUT2D eigenvalue weighted by Gasteiger charge is 2.17. The number of carbonyl (C=O) groups excluding carboxylic acids is 1. The molecule has 1 heterocycles. The zero-order chi connectivity index (χ0) is 15.4. The van der Waals surface area contributed by atoms with Gasteiger partial charge in [-0.25, -0.2) is 9.48 Å². The van der Waals surface area contributed by atoms with Crippen molar-refractivity contribution in [2.24, 2.45) is 0 Å². The summed E-state index contributed by atoms with van der Waals surface area (Å²) in [5.74, 6) is 0.140. The van der Waals surface area contributed by atoms with E-state index in [1.165, 1.54) is 18.0 Å². The van der Waals surface area contributed by atoms with Crippen molar-refractivity contribution in [3.8, 4) is 11.4 Å². The first kappa shape index (κ1) is 15.1. The van der Waals surface area contributed by atoms with Crippen molar-refractivity contribution in [1.29, 1.82) is 0 Å². The van der Waals surface area contributed by atoms with Crippen LogP contribution in [-0.2, 0) is 4.74 Å². The molecule has 21 heavy (non-hydrogen) atoms. The first-order chi connectivity index (χ1) is 10.1. The van der Waals surface area contributed by atoms with E-state index in [-0.39, 0.29) is 0 Å². The van der Waals surface area contributed by atoms with Crippen molar-refractivity contribution >= 4 is 5.97 Å². The van der Waals surface area contributed by atoms with E-state index in [0.29, 0.717) is 29.2 Å². The van der Waals surface area contributed by atoms with E-state index in [0.717, 1.165) is 0 Å². The van der Waals surface area contributed by atoms with Gasteiger partial charge < -0.3 is 14.6 Å². The van der Waals surface area contributed by atoms with Crippen LogP contribution in [0.2, 0.25) is 0 Å². The van der Waals surface area contributed by atoms with Crippen molar-refractivity contribution in [3.63, 3.8) is 0 Å². The van der Waals surface area contributed by atoms with Crippen LogP contribution in [0.4, 0.5) is 0 Å². The maximum atomic E-state index is 11.7. The molecule has 6 heteroatoms. The molecular formula is C15H18N2O4. The third-order valence-corrected chi connectivity index (χ3v) is 3.02. The molecule has 2 aromatic rings. The van der Waals surface area contributed by atoms with Crippen LogP contribution >= 0.6 is 0 Å². The maximum Gasteiger partial charge on any atom is 0.341 e. The summed E-state index contributed by atoms with van der Waals surface area (Å²) in [4.78, 5) is 11.7. The normalized spacial score (nSPS) is 12.0. The maximum absolute atomic E-state index is 11.7. The first-order valence-electron chi connectivity index (χ1n) is 6.65. The van der Waals surface area contributed by atoms with Gasteiger partial charge in [0.1, 0.15) is 5.75 Å². The highest BCUT2D eigenvalue weighted by molar-refractivity contribution is 5.88. The summed E-state index contributed by atoms with van der Waals surface area (Å²) in [6.07, 6.45) is 2.27. The minimum absolute atomic E-state index is 0.308. The number of aromatic nitrogens is 2. The molecule has 0 fully saturated rings. The van der Waals surface area contributed by atoms with E-state index in [4.69, 9.17) is 9.47 Å².